The van der Waals surface area contributed by atoms with E-state index in [1.165, 1.54) is 23.3 Å². The summed E-state index contributed by atoms with van der Waals surface area (Å²) in [6, 6.07) is 0. The number of thiophene rings is 1. The van der Waals surface area contributed by atoms with E-state index in [1.807, 2.05) is 11.3 Å². The van der Waals surface area contributed by atoms with E-state index in [4.69, 9.17) is 15.6 Å². The lowest BCUT2D eigenvalue weighted by molar-refractivity contribution is 0.185. The molecule has 5 nitrogen and oxygen atoms in total. The van der Waals surface area contributed by atoms with E-state index in [-0.39, 0.29) is 0 Å². The summed E-state index contributed by atoms with van der Waals surface area (Å²) in [5.74, 6) is 7.92. The molecule has 6 heteroatoms. The van der Waals surface area contributed by atoms with Gasteiger partial charge in [-0.3, -0.25) is 0 Å². The Labute approximate surface area is 121 Å². The van der Waals surface area contributed by atoms with Crippen LogP contribution in [0.25, 0.3) is 10.2 Å². The number of hydrogen-bond acceptors (Lipinski definition) is 6. The molecule has 0 aromatic carbocycles. The van der Waals surface area contributed by atoms with Crippen LogP contribution in [-0.2, 0) is 24.0 Å². The normalized spacial score (nSPS) is 21.6. The zero-order valence-corrected chi connectivity index (χ0v) is 12.1. The molecule has 1 saturated heterocycles. The van der Waals surface area contributed by atoms with Gasteiger partial charge in [0, 0.05) is 24.5 Å². The van der Waals surface area contributed by atoms with Crippen molar-refractivity contribution >= 4 is 27.4 Å². The molecule has 0 radical (unpaired) electrons. The van der Waals surface area contributed by atoms with Gasteiger partial charge in [-0.05, 0) is 37.2 Å². The Balaban J connectivity index is 1.76. The second-order valence-electron chi connectivity index (χ2n) is 5.60. The van der Waals surface area contributed by atoms with E-state index in [1.54, 1.807) is 0 Å². The summed E-state index contributed by atoms with van der Waals surface area (Å²) in [6.45, 7) is 1.69. The molecule has 20 heavy (non-hydrogen) atoms. The van der Waals surface area contributed by atoms with Crippen LogP contribution >= 0.6 is 11.3 Å². The smallest absolute Gasteiger partial charge is 0.152 e. The summed E-state index contributed by atoms with van der Waals surface area (Å²) in [5.41, 5.74) is 4.19. The highest BCUT2D eigenvalue weighted by molar-refractivity contribution is 7.19. The molecule has 4 rings (SSSR count). The van der Waals surface area contributed by atoms with Crippen molar-refractivity contribution in [1.29, 1.82) is 0 Å². The monoisotopic (exact) mass is 290 g/mol. The molecule has 1 unspecified atom stereocenters. The van der Waals surface area contributed by atoms with Crippen LogP contribution in [0.15, 0.2) is 0 Å². The SMILES string of the molecule is NNc1nc(CC2CCOC2)nc2sc3c(c12)CCC3. The van der Waals surface area contributed by atoms with Crippen molar-refractivity contribution in [3.05, 3.63) is 16.3 Å². The van der Waals surface area contributed by atoms with E-state index in [0.717, 1.165) is 54.3 Å². The summed E-state index contributed by atoms with van der Waals surface area (Å²) in [7, 11) is 0. The number of aromatic nitrogens is 2. The fourth-order valence-corrected chi connectivity index (χ4v) is 4.52. The average molecular weight is 290 g/mol. The molecule has 2 aliphatic rings. The van der Waals surface area contributed by atoms with E-state index in [2.05, 4.69) is 10.4 Å². The molecule has 2 aromatic heterocycles. The molecule has 1 aliphatic carbocycles. The number of fused-ring (bicyclic) bond motifs is 3. The van der Waals surface area contributed by atoms with Crippen molar-refractivity contribution in [2.45, 2.75) is 32.1 Å². The third kappa shape index (κ3) is 1.99. The molecule has 0 saturated carbocycles. The van der Waals surface area contributed by atoms with Crippen molar-refractivity contribution in [2.75, 3.05) is 18.6 Å². The molecular weight excluding hydrogens is 272 g/mol. The van der Waals surface area contributed by atoms with Crippen molar-refractivity contribution in [3.8, 4) is 0 Å². The maximum absolute atomic E-state index is 5.69. The van der Waals surface area contributed by atoms with Gasteiger partial charge in [-0.15, -0.1) is 11.3 Å². The fourth-order valence-electron chi connectivity index (χ4n) is 3.24. The highest BCUT2D eigenvalue weighted by Gasteiger charge is 2.23. The minimum Gasteiger partial charge on any atom is -0.381 e. The van der Waals surface area contributed by atoms with E-state index < -0.39 is 0 Å². The zero-order valence-electron chi connectivity index (χ0n) is 11.3. The first kappa shape index (κ1) is 12.5. The molecule has 0 spiro atoms. The van der Waals surface area contributed by atoms with Gasteiger partial charge in [0.1, 0.15) is 10.7 Å². The Kier molecular flexibility index (Phi) is 3.09. The van der Waals surface area contributed by atoms with E-state index in [0.29, 0.717) is 5.92 Å². The Bertz CT molecular complexity index is 648. The van der Waals surface area contributed by atoms with Crippen LogP contribution in [0.2, 0.25) is 0 Å². The summed E-state index contributed by atoms with van der Waals surface area (Å²) in [5, 5.41) is 1.15. The van der Waals surface area contributed by atoms with Gasteiger partial charge in [-0.1, -0.05) is 0 Å². The molecule has 3 heterocycles. The molecule has 0 bridgehead atoms. The molecule has 106 valence electrons. The van der Waals surface area contributed by atoms with Gasteiger partial charge in [0.2, 0.25) is 0 Å². The lowest BCUT2D eigenvalue weighted by atomic mass is 10.0. The Morgan fingerprint density at radius 2 is 2.30 bits per heavy atom. The zero-order chi connectivity index (χ0) is 13.5. The number of nitrogens with two attached hydrogens (primary N) is 1. The standard InChI is InChI=1S/C14H18N4OS/c15-18-13-12-9-2-1-3-10(9)20-14(12)17-11(16-13)6-8-4-5-19-7-8/h8H,1-7,15H2,(H,16,17,18). The predicted octanol–water partition coefficient (Wildman–Crippen LogP) is 2.04. The Hall–Kier alpha value is -1.24. The van der Waals surface area contributed by atoms with E-state index in [9.17, 15) is 0 Å². The minimum absolute atomic E-state index is 0.546. The second kappa shape index (κ2) is 4.95. The number of nitrogens with zero attached hydrogens (tertiary/aromatic N) is 2. The number of hydrogen-bond donors (Lipinski definition) is 2. The van der Waals surface area contributed by atoms with Crippen LogP contribution in [0.5, 0.6) is 0 Å². The number of anilines is 1. The summed E-state index contributed by atoms with van der Waals surface area (Å²) >= 11 is 1.81. The molecule has 1 fully saturated rings. The molecule has 1 aliphatic heterocycles. The van der Waals surface area contributed by atoms with Crippen LogP contribution in [-0.4, -0.2) is 23.2 Å². The van der Waals surface area contributed by atoms with Gasteiger partial charge in [-0.25, -0.2) is 15.8 Å². The third-order valence-electron chi connectivity index (χ3n) is 4.24. The maximum Gasteiger partial charge on any atom is 0.152 e. The summed E-state index contributed by atoms with van der Waals surface area (Å²) in [6.07, 6.45) is 5.53. The van der Waals surface area contributed by atoms with Crippen LogP contribution < -0.4 is 11.3 Å². The van der Waals surface area contributed by atoms with Gasteiger partial charge >= 0.3 is 0 Å². The topological polar surface area (TPSA) is 73.1 Å². The molecule has 0 amide bonds. The molecule has 3 N–H and O–H groups in total. The number of hydrazine groups is 1. The second-order valence-corrected chi connectivity index (χ2v) is 6.69. The first-order valence-electron chi connectivity index (χ1n) is 7.20. The van der Waals surface area contributed by atoms with Crippen molar-refractivity contribution in [1.82, 2.24) is 9.97 Å². The molecule has 1 atom stereocenters. The minimum atomic E-state index is 0.546. The van der Waals surface area contributed by atoms with Crippen LogP contribution in [0.1, 0.15) is 29.1 Å². The van der Waals surface area contributed by atoms with Gasteiger partial charge in [-0.2, -0.15) is 0 Å². The number of ether oxygens (including phenoxy) is 1. The quantitative estimate of drug-likeness (QED) is 0.668. The average Bonchev–Trinajstić information content (AvgIpc) is 3.13. The van der Waals surface area contributed by atoms with Gasteiger partial charge in [0.25, 0.3) is 0 Å². The third-order valence-corrected chi connectivity index (χ3v) is 5.43. The first-order valence-corrected chi connectivity index (χ1v) is 8.02. The maximum atomic E-state index is 5.69. The molecular formula is C14H18N4OS. The van der Waals surface area contributed by atoms with Crippen LogP contribution in [0, 0.1) is 5.92 Å². The van der Waals surface area contributed by atoms with E-state index >= 15 is 0 Å². The number of aryl methyl sites for hydroxylation is 2. The molecule has 2 aromatic rings. The van der Waals surface area contributed by atoms with Crippen LogP contribution in [0.4, 0.5) is 5.82 Å². The largest absolute Gasteiger partial charge is 0.381 e. The van der Waals surface area contributed by atoms with Crippen molar-refractivity contribution < 1.29 is 4.74 Å². The number of nitrogen functional groups attached to an aromatic ring is 1. The van der Waals surface area contributed by atoms with Crippen molar-refractivity contribution in [2.24, 2.45) is 11.8 Å². The van der Waals surface area contributed by atoms with Gasteiger partial charge < -0.3 is 10.2 Å². The Morgan fingerprint density at radius 3 is 3.10 bits per heavy atom. The predicted molar refractivity (Wildman–Crippen MR) is 79.9 cm³/mol. The van der Waals surface area contributed by atoms with Gasteiger partial charge in [0.15, 0.2) is 5.82 Å². The first-order chi connectivity index (χ1) is 9.85. The number of rotatable bonds is 3. The summed E-state index contributed by atoms with van der Waals surface area (Å²) in [4.78, 5) is 12.0. The van der Waals surface area contributed by atoms with Crippen molar-refractivity contribution in [3.63, 3.8) is 0 Å². The van der Waals surface area contributed by atoms with Gasteiger partial charge in [0.05, 0.1) is 5.39 Å². The number of nitrogens with one attached hydrogen (secondary N) is 1. The highest BCUT2D eigenvalue weighted by Crippen LogP contribution is 2.39. The van der Waals surface area contributed by atoms with Crippen LogP contribution in [0.3, 0.4) is 0 Å². The highest BCUT2D eigenvalue weighted by atomic mass is 32.1. The lowest BCUT2D eigenvalue weighted by Crippen LogP contribution is -2.13. The Morgan fingerprint density at radius 1 is 1.35 bits per heavy atom. The fraction of sp³-hybridized carbons (Fsp3) is 0.571. The summed E-state index contributed by atoms with van der Waals surface area (Å²) < 4.78 is 5.43. The lowest BCUT2D eigenvalue weighted by Gasteiger charge is -2.09.